The van der Waals surface area contributed by atoms with Crippen LogP contribution in [0.3, 0.4) is 0 Å². The van der Waals surface area contributed by atoms with Crippen molar-refractivity contribution in [2.45, 2.75) is 122 Å². The molecule has 1 aromatic rings. The second-order valence-electron chi connectivity index (χ2n) is 13.8. The molecule has 9 atom stereocenters. The molecule has 0 amide bonds. The van der Waals surface area contributed by atoms with Gasteiger partial charge >= 0.3 is 0 Å². The number of fused-ring (bicyclic) bond motifs is 5. The molecule has 0 spiro atoms. The summed E-state index contributed by atoms with van der Waals surface area (Å²) >= 11 is 0. The molecule has 0 saturated heterocycles. The Hall–Kier alpha value is -1.38. The Balaban J connectivity index is 1.36. The second kappa shape index (κ2) is 8.88. The van der Waals surface area contributed by atoms with E-state index in [1.807, 2.05) is 6.92 Å². The van der Waals surface area contributed by atoms with Crippen molar-refractivity contribution in [3.05, 3.63) is 18.0 Å². The first-order valence-electron chi connectivity index (χ1n) is 14.4. The van der Waals surface area contributed by atoms with Crippen molar-refractivity contribution in [3.63, 3.8) is 0 Å². The molecule has 4 aliphatic carbocycles. The van der Waals surface area contributed by atoms with Crippen molar-refractivity contribution in [2.24, 2.45) is 40.4 Å². The summed E-state index contributed by atoms with van der Waals surface area (Å²) < 4.78 is 1.77. The second-order valence-corrected chi connectivity index (χ2v) is 13.8. The van der Waals surface area contributed by atoms with Gasteiger partial charge < -0.3 is 10.2 Å². The van der Waals surface area contributed by atoms with E-state index in [0.29, 0.717) is 29.4 Å². The van der Waals surface area contributed by atoms with E-state index in [2.05, 4.69) is 31.9 Å². The van der Waals surface area contributed by atoms with E-state index in [0.717, 1.165) is 43.9 Å². The van der Waals surface area contributed by atoms with Crippen LogP contribution >= 0.6 is 0 Å². The molecule has 0 aromatic carbocycles. The molecule has 0 bridgehead atoms. The highest BCUT2D eigenvalue weighted by Crippen LogP contribution is 2.68. The molecule has 4 aliphatic rings. The third-order valence-electron chi connectivity index (χ3n) is 11.8. The van der Waals surface area contributed by atoms with Crippen LogP contribution in [-0.2, 0) is 6.54 Å². The van der Waals surface area contributed by atoms with Gasteiger partial charge in [0.25, 0.3) is 0 Å². The zero-order chi connectivity index (χ0) is 25.1. The zero-order valence-corrected chi connectivity index (χ0v) is 22.5. The molecule has 1 heterocycles. The minimum atomic E-state index is -0.846. The van der Waals surface area contributed by atoms with Gasteiger partial charge in [0.1, 0.15) is 6.07 Å². The minimum Gasteiger partial charge on any atom is -0.390 e. The molecule has 1 aromatic heterocycles. The molecule has 5 rings (SSSR count). The lowest BCUT2D eigenvalue weighted by Gasteiger charge is -2.65. The van der Waals surface area contributed by atoms with Crippen molar-refractivity contribution >= 4 is 0 Å². The standard InChI is InChI=1S/C30H47N3O2/c1-5-12-30(35)15-14-27(2)22(16-30)9-10-23-24-7-6-8-26(28(24,3)13-11-25(23)27)29(4,34)20-33-19-21(17-31)18-32-33/h18-19,22-26,34-35H,5-16,20H2,1-4H3/t22-,23-,24-,25-,26-,27-,28-,29?,30+/m0/s1. The summed E-state index contributed by atoms with van der Waals surface area (Å²) in [7, 11) is 0. The molecule has 1 unspecified atom stereocenters. The fourth-order valence-electron chi connectivity index (χ4n) is 10.2. The maximum atomic E-state index is 11.8. The summed E-state index contributed by atoms with van der Waals surface area (Å²) in [5.74, 6) is 3.10. The van der Waals surface area contributed by atoms with Crippen LogP contribution in [0.25, 0.3) is 0 Å². The summed E-state index contributed by atoms with van der Waals surface area (Å²) in [6.07, 6.45) is 17.2. The van der Waals surface area contributed by atoms with Crippen LogP contribution in [0, 0.1) is 51.8 Å². The Labute approximate surface area is 212 Å². The topological polar surface area (TPSA) is 82.1 Å². The quantitative estimate of drug-likeness (QED) is 0.533. The molecule has 2 N–H and O–H groups in total. The van der Waals surface area contributed by atoms with E-state index < -0.39 is 11.2 Å². The molecule has 5 heteroatoms. The number of nitriles is 1. The third-order valence-corrected chi connectivity index (χ3v) is 11.8. The van der Waals surface area contributed by atoms with Crippen molar-refractivity contribution in [3.8, 4) is 6.07 Å². The van der Waals surface area contributed by atoms with Crippen molar-refractivity contribution in [1.82, 2.24) is 9.78 Å². The molecule has 194 valence electrons. The Kier molecular flexibility index (Phi) is 6.41. The van der Waals surface area contributed by atoms with Crippen LogP contribution in [0.2, 0.25) is 0 Å². The first-order valence-corrected chi connectivity index (χ1v) is 14.4. The summed E-state index contributed by atoms with van der Waals surface area (Å²) in [6.45, 7) is 9.73. The summed E-state index contributed by atoms with van der Waals surface area (Å²) in [6, 6.07) is 2.15. The number of aliphatic hydroxyl groups is 2. The average molecular weight is 482 g/mol. The molecule has 4 fully saturated rings. The average Bonchev–Trinajstić information content (AvgIpc) is 3.25. The minimum absolute atomic E-state index is 0.148. The number of aromatic nitrogens is 2. The molecule has 0 radical (unpaired) electrons. The van der Waals surface area contributed by atoms with Crippen molar-refractivity contribution < 1.29 is 10.2 Å². The Bertz CT molecular complexity index is 965. The van der Waals surface area contributed by atoms with E-state index >= 15 is 0 Å². The fraction of sp³-hybridized carbons (Fsp3) is 0.867. The summed E-state index contributed by atoms with van der Waals surface area (Å²) in [5.41, 5.74) is -0.210. The number of nitrogens with zero attached hydrogens (tertiary/aromatic N) is 3. The predicted molar refractivity (Wildman–Crippen MR) is 137 cm³/mol. The highest BCUT2D eigenvalue weighted by molar-refractivity contribution is 5.21. The Morgan fingerprint density at radius 2 is 1.89 bits per heavy atom. The summed E-state index contributed by atoms with van der Waals surface area (Å²) in [5, 5.41) is 36.6. The van der Waals surface area contributed by atoms with Gasteiger partial charge in [0.15, 0.2) is 0 Å². The summed E-state index contributed by atoms with van der Waals surface area (Å²) in [4.78, 5) is 0. The zero-order valence-electron chi connectivity index (χ0n) is 22.5. The molecular formula is C30H47N3O2. The lowest BCUT2D eigenvalue weighted by molar-refractivity contribution is -0.192. The normalized spacial score (nSPS) is 44.9. The van der Waals surface area contributed by atoms with E-state index in [1.54, 1.807) is 17.1 Å². The first-order chi connectivity index (χ1) is 16.5. The monoisotopic (exact) mass is 481 g/mol. The SMILES string of the molecule is CCC[C@@]1(O)CC[C@@]2(C)[C@@H](CC[C@@H]3[C@@H]2CC[C@]2(C)[C@@H](C(C)(O)Cn4cc(C#N)cn4)CCC[C@@H]32)C1. The van der Waals surface area contributed by atoms with Gasteiger partial charge in [-0.1, -0.05) is 33.6 Å². The van der Waals surface area contributed by atoms with Gasteiger partial charge in [0, 0.05) is 6.20 Å². The molecule has 4 saturated carbocycles. The highest BCUT2D eigenvalue weighted by atomic mass is 16.3. The predicted octanol–water partition coefficient (Wildman–Crippen LogP) is 6.09. The van der Waals surface area contributed by atoms with Gasteiger partial charge in [-0.3, -0.25) is 4.68 Å². The van der Waals surface area contributed by atoms with Crippen LogP contribution in [0.4, 0.5) is 0 Å². The van der Waals surface area contributed by atoms with Crippen molar-refractivity contribution in [2.75, 3.05) is 0 Å². The Morgan fingerprint density at radius 3 is 2.60 bits per heavy atom. The number of hydrogen-bond donors (Lipinski definition) is 2. The number of rotatable bonds is 5. The lowest BCUT2D eigenvalue weighted by Crippen LogP contribution is -2.60. The highest BCUT2D eigenvalue weighted by Gasteiger charge is 2.61. The van der Waals surface area contributed by atoms with Gasteiger partial charge in [0.2, 0.25) is 0 Å². The fourth-order valence-corrected chi connectivity index (χ4v) is 10.2. The van der Waals surface area contributed by atoms with E-state index in [9.17, 15) is 15.5 Å². The Morgan fingerprint density at radius 1 is 1.11 bits per heavy atom. The molecular weight excluding hydrogens is 434 g/mol. The van der Waals surface area contributed by atoms with Gasteiger partial charge in [-0.15, -0.1) is 0 Å². The van der Waals surface area contributed by atoms with E-state index in [1.165, 1.54) is 44.9 Å². The third kappa shape index (κ3) is 4.17. The van der Waals surface area contributed by atoms with Gasteiger partial charge in [0.05, 0.1) is 29.5 Å². The smallest absolute Gasteiger partial charge is 0.102 e. The van der Waals surface area contributed by atoms with Crippen LogP contribution in [0.5, 0.6) is 0 Å². The molecule has 5 nitrogen and oxygen atoms in total. The lowest BCUT2D eigenvalue weighted by atomic mass is 9.40. The van der Waals surface area contributed by atoms with Crippen molar-refractivity contribution in [1.29, 1.82) is 5.26 Å². The van der Waals surface area contributed by atoms with Gasteiger partial charge in [-0.2, -0.15) is 10.4 Å². The van der Waals surface area contributed by atoms with E-state index in [4.69, 9.17) is 0 Å². The molecule has 0 aliphatic heterocycles. The van der Waals surface area contributed by atoms with Crippen LogP contribution in [-0.4, -0.2) is 31.2 Å². The van der Waals surface area contributed by atoms with Gasteiger partial charge in [-0.25, -0.2) is 0 Å². The maximum absolute atomic E-state index is 11.8. The number of hydrogen-bond acceptors (Lipinski definition) is 4. The van der Waals surface area contributed by atoms with Crippen LogP contribution in [0.1, 0.15) is 110 Å². The van der Waals surface area contributed by atoms with Crippen LogP contribution < -0.4 is 0 Å². The van der Waals surface area contributed by atoms with Crippen LogP contribution in [0.15, 0.2) is 12.4 Å². The largest absolute Gasteiger partial charge is 0.390 e. The van der Waals surface area contributed by atoms with Gasteiger partial charge in [-0.05, 0) is 112 Å². The maximum Gasteiger partial charge on any atom is 0.102 e. The first kappa shape index (κ1) is 25.3. The molecule has 35 heavy (non-hydrogen) atoms. The van der Waals surface area contributed by atoms with E-state index in [-0.39, 0.29) is 11.3 Å².